The number of rotatable bonds is 3. The minimum Gasteiger partial charge on any atom is -0.396 e. The fourth-order valence-corrected chi connectivity index (χ4v) is 12.6. The first-order valence-electron chi connectivity index (χ1n) is 17.0. The number of aliphatic hydroxyl groups is 5. The van der Waals surface area contributed by atoms with E-state index >= 15 is 0 Å². The summed E-state index contributed by atoms with van der Waals surface area (Å²) in [4.78, 5) is 0. The summed E-state index contributed by atoms with van der Waals surface area (Å²) in [5, 5.41) is 53.8. The van der Waals surface area contributed by atoms with Gasteiger partial charge in [-0.2, -0.15) is 0 Å². The molecule has 7 rings (SSSR count). The van der Waals surface area contributed by atoms with Crippen molar-refractivity contribution >= 4 is 0 Å². The van der Waals surface area contributed by atoms with Crippen molar-refractivity contribution in [3.05, 3.63) is 12.2 Å². The van der Waals surface area contributed by atoms with Crippen LogP contribution in [0, 0.1) is 50.2 Å². The highest BCUT2D eigenvalue weighted by Gasteiger charge is 2.79. The summed E-state index contributed by atoms with van der Waals surface area (Å²) >= 11 is 0. The molecule has 8 heteroatoms. The van der Waals surface area contributed by atoms with E-state index in [-0.39, 0.29) is 69.9 Å². The van der Waals surface area contributed by atoms with Gasteiger partial charge in [-0.05, 0) is 79.4 Å². The van der Waals surface area contributed by atoms with E-state index in [1.165, 1.54) is 0 Å². The molecule has 0 aromatic carbocycles. The van der Waals surface area contributed by atoms with Gasteiger partial charge in [0.2, 0.25) is 0 Å². The number of fused-ring (bicyclic) bond motifs is 4. The Balaban J connectivity index is 1.23. The average Bonchev–Trinajstić information content (AvgIpc) is 3.22. The fraction of sp³-hybridized carbons (Fsp3) is 0.943. The van der Waals surface area contributed by atoms with Crippen LogP contribution in [0.3, 0.4) is 0 Å². The molecule has 7 aliphatic rings. The van der Waals surface area contributed by atoms with Crippen molar-refractivity contribution in [3.63, 3.8) is 0 Å². The topological polar surface area (TPSA) is 129 Å². The van der Waals surface area contributed by atoms with Crippen molar-refractivity contribution in [1.82, 2.24) is 0 Å². The Labute approximate surface area is 257 Å². The van der Waals surface area contributed by atoms with Crippen molar-refractivity contribution in [1.29, 1.82) is 0 Å². The van der Waals surface area contributed by atoms with Crippen LogP contribution in [0.1, 0.15) is 92.9 Å². The molecule has 2 saturated heterocycles. The van der Waals surface area contributed by atoms with Gasteiger partial charge >= 0.3 is 0 Å². The molecule has 43 heavy (non-hydrogen) atoms. The van der Waals surface area contributed by atoms with Crippen LogP contribution in [0.2, 0.25) is 0 Å². The molecule has 1 spiro atoms. The molecule has 8 nitrogen and oxygen atoms in total. The van der Waals surface area contributed by atoms with Gasteiger partial charge in [0.1, 0.15) is 18.3 Å². The number of aliphatic hydroxyl groups excluding tert-OH is 5. The maximum Gasteiger partial charge on any atom is 0.186 e. The summed E-state index contributed by atoms with van der Waals surface area (Å²) < 4.78 is 19.1. The van der Waals surface area contributed by atoms with Crippen LogP contribution < -0.4 is 0 Å². The third-order valence-corrected chi connectivity index (χ3v) is 15.5. The van der Waals surface area contributed by atoms with Crippen molar-refractivity contribution in [2.75, 3.05) is 19.8 Å². The zero-order valence-electron chi connectivity index (χ0n) is 27.1. The molecular formula is C35H56O8. The standard InChI is InChI=1S/C35H56O8/c1-29(2)13-14-34-19-42-35(23(34)15-29)12-8-22-30(3)10-9-25(43-28-27(40)26(39)20(37)17-41-28)31(4,18-36)21(30)7-11-32(22,5)33(35,6)16-24(34)38/h8,12,20-28,36-40H,7,9-11,13-19H2,1-6H3. The molecule has 5 N–H and O–H groups in total. The molecule has 244 valence electrons. The van der Waals surface area contributed by atoms with Gasteiger partial charge in [0.25, 0.3) is 0 Å². The van der Waals surface area contributed by atoms with E-state index in [4.69, 9.17) is 14.2 Å². The van der Waals surface area contributed by atoms with E-state index in [0.29, 0.717) is 18.9 Å². The average molecular weight is 605 g/mol. The second kappa shape index (κ2) is 9.50. The Morgan fingerprint density at radius 3 is 2.33 bits per heavy atom. The van der Waals surface area contributed by atoms with E-state index in [2.05, 4.69) is 53.7 Å². The van der Waals surface area contributed by atoms with E-state index in [9.17, 15) is 25.5 Å². The molecule has 0 radical (unpaired) electrons. The van der Waals surface area contributed by atoms with Crippen molar-refractivity contribution in [2.45, 2.75) is 135 Å². The van der Waals surface area contributed by atoms with Gasteiger partial charge in [0.15, 0.2) is 6.29 Å². The number of hydrogen-bond donors (Lipinski definition) is 5. The molecule has 15 unspecified atom stereocenters. The third kappa shape index (κ3) is 3.73. The highest BCUT2D eigenvalue weighted by Crippen LogP contribution is 2.79. The van der Waals surface area contributed by atoms with Gasteiger partial charge < -0.3 is 39.7 Å². The maximum atomic E-state index is 12.0. The lowest BCUT2D eigenvalue weighted by Crippen LogP contribution is -2.72. The van der Waals surface area contributed by atoms with Gasteiger partial charge in [0.05, 0.1) is 37.6 Å². The maximum absolute atomic E-state index is 12.0. The van der Waals surface area contributed by atoms with Crippen LogP contribution in [0.15, 0.2) is 12.2 Å². The van der Waals surface area contributed by atoms with E-state index in [0.717, 1.165) is 44.9 Å². The molecule has 0 aromatic rings. The predicted octanol–water partition coefficient (Wildman–Crippen LogP) is 3.56. The van der Waals surface area contributed by atoms with Crippen molar-refractivity contribution in [3.8, 4) is 0 Å². The number of allylic oxidation sites excluding steroid dienone is 1. The summed E-state index contributed by atoms with van der Waals surface area (Å²) in [5.41, 5.74) is -1.32. The molecular weight excluding hydrogens is 548 g/mol. The van der Waals surface area contributed by atoms with Gasteiger partial charge in [-0.3, -0.25) is 0 Å². The highest BCUT2D eigenvalue weighted by molar-refractivity contribution is 5.36. The smallest absolute Gasteiger partial charge is 0.186 e. The van der Waals surface area contributed by atoms with Crippen LogP contribution in [0.25, 0.3) is 0 Å². The van der Waals surface area contributed by atoms with E-state index in [1.54, 1.807) is 0 Å². The normalized spacial score (nSPS) is 60.4. The Kier molecular flexibility index (Phi) is 6.85. The zero-order chi connectivity index (χ0) is 31.0. The molecule has 5 aliphatic carbocycles. The van der Waals surface area contributed by atoms with Crippen molar-refractivity contribution < 1.29 is 39.7 Å². The third-order valence-electron chi connectivity index (χ3n) is 15.5. The second-order valence-electron chi connectivity index (χ2n) is 17.7. The van der Waals surface area contributed by atoms with Crippen molar-refractivity contribution in [2.24, 2.45) is 50.2 Å². The lowest BCUT2D eigenvalue weighted by atomic mass is 9.32. The lowest BCUT2D eigenvalue weighted by Gasteiger charge is -2.73. The minimum atomic E-state index is -1.35. The first-order chi connectivity index (χ1) is 20.0. The second-order valence-corrected chi connectivity index (χ2v) is 17.7. The molecule has 6 fully saturated rings. The fourth-order valence-electron chi connectivity index (χ4n) is 12.6. The largest absolute Gasteiger partial charge is 0.396 e. The molecule has 0 amide bonds. The Hall–Kier alpha value is -0.580. The summed E-state index contributed by atoms with van der Waals surface area (Å²) in [6.07, 6.45) is 6.79. The zero-order valence-corrected chi connectivity index (χ0v) is 27.1. The first kappa shape index (κ1) is 31.0. The number of hydrogen-bond acceptors (Lipinski definition) is 8. The molecule has 2 heterocycles. The number of ether oxygens (including phenoxy) is 3. The van der Waals surface area contributed by atoms with Crippen LogP contribution in [-0.4, -0.2) is 87.8 Å². The summed E-state index contributed by atoms with van der Waals surface area (Å²) in [6, 6.07) is 0. The summed E-state index contributed by atoms with van der Waals surface area (Å²) in [5.74, 6) is 0.709. The highest BCUT2D eigenvalue weighted by atomic mass is 16.7. The minimum absolute atomic E-state index is 0.0538. The van der Waals surface area contributed by atoms with Gasteiger partial charge in [-0.25, -0.2) is 0 Å². The predicted molar refractivity (Wildman–Crippen MR) is 160 cm³/mol. The van der Waals surface area contributed by atoms with Crippen LogP contribution in [0.5, 0.6) is 0 Å². The van der Waals surface area contributed by atoms with E-state index in [1.807, 2.05) is 0 Å². The van der Waals surface area contributed by atoms with Gasteiger partial charge in [-0.1, -0.05) is 53.7 Å². The SMILES string of the molecule is CC1(C)CCC23COC4(C=CC5C6(C)CCC(OC7OCC(O)C(O)C7O)C(C)(CO)C6CCC5(C)C4(C)CC2O)C3C1. The van der Waals surface area contributed by atoms with Gasteiger partial charge in [-0.15, -0.1) is 0 Å². The summed E-state index contributed by atoms with van der Waals surface area (Å²) in [6.45, 7) is 14.7. The Morgan fingerprint density at radius 2 is 1.60 bits per heavy atom. The Morgan fingerprint density at radius 1 is 0.860 bits per heavy atom. The van der Waals surface area contributed by atoms with Gasteiger partial charge in [0, 0.05) is 22.2 Å². The molecule has 4 saturated carbocycles. The van der Waals surface area contributed by atoms with Crippen LogP contribution in [0.4, 0.5) is 0 Å². The lowest BCUT2D eigenvalue weighted by molar-refractivity contribution is -0.314. The molecule has 2 aliphatic heterocycles. The van der Waals surface area contributed by atoms with Crippen LogP contribution >= 0.6 is 0 Å². The summed E-state index contributed by atoms with van der Waals surface area (Å²) in [7, 11) is 0. The molecule has 0 aromatic heterocycles. The molecule has 15 atom stereocenters. The van der Waals surface area contributed by atoms with E-state index < -0.39 is 30.0 Å². The molecule has 2 bridgehead atoms. The first-order valence-corrected chi connectivity index (χ1v) is 17.0. The monoisotopic (exact) mass is 604 g/mol. The Bertz CT molecular complexity index is 1160. The van der Waals surface area contributed by atoms with Crippen LogP contribution in [-0.2, 0) is 14.2 Å². The quantitative estimate of drug-likeness (QED) is 0.244.